The molecule has 2 aromatic rings. The summed E-state index contributed by atoms with van der Waals surface area (Å²) in [6.45, 7) is 2.74. The van der Waals surface area contributed by atoms with Crippen molar-refractivity contribution in [1.82, 2.24) is 5.32 Å². The molecule has 0 aliphatic carbocycles. The maximum atomic E-state index is 12.4. The summed E-state index contributed by atoms with van der Waals surface area (Å²) in [5.74, 6) is -1.12. The molecule has 0 bridgehead atoms. The van der Waals surface area contributed by atoms with E-state index in [-0.39, 0.29) is 19.0 Å². The summed E-state index contributed by atoms with van der Waals surface area (Å²) in [6, 6.07) is 17.1. The highest BCUT2D eigenvalue weighted by Crippen LogP contribution is 2.27. The van der Waals surface area contributed by atoms with Gasteiger partial charge in [0.2, 0.25) is 5.91 Å². The number of anilines is 1. The molecule has 5 heteroatoms. The number of para-hydroxylation sites is 1. The molecule has 0 spiro atoms. The lowest BCUT2D eigenvalue weighted by Crippen LogP contribution is -2.46. The predicted molar refractivity (Wildman–Crippen MR) is 96.8 cm³/mol. The Hall–Kier alpha value is -2.82. The number of rotatable bonds is 6. The van der Waals surface area contributed by atoms with Crippen LogP contribution in [0.25, 0.3) is 0 Å². The third-order valence-corrected chi connectivity index (χ3v) is 4.84. The number of benzene rings is 2. The van der Waals surface area contributed by atoms with Crippen molar-refractivity contribution in [1.29, 1.82) is 0 Å². The van der Waals surface area contributed by atoms with E-state index in [0.29, 0.717) is 5.56 Å². The first-order chi connectivity index (χ1) is 12.0. The van der Waals surface area contributed by atoms with Crippen molar-refractivity contribution >= 4 is 17.6 Å². The van der Waals surface area contributed by atoms with Gasteiger partial charge in [-0.1, -0.05) is 48.5 Å². The minimum Gasteiger partial charge on any atom is -0.481 e. The second kappa shape index (κ2) is 6.97. The fourth-order valence-corrected chi connectivity index (χ4v) is 3.18. The van der Waals surface area contributed by atoms with Crippen LogP contribution in [-0.2, 0) is 21.4 Å². The molecule has 0 radical (unpaired) electrons. The lowest BCUT2D eigenvalue weighted by molar-refractivity contribution is -0.143. The van der Waals surface area contributed by atoms with Crippen molar-refractivity contribution in [3.8, 4) is 0 Å². The average Bonchev–Trinajstić information content (AvgIpc) is 3.03. The quantitative estimate of drug-likeness (QED) is 0.847. The van der Waals surface area contributed by atoms with E-state index in [1.165, 1.54) is 5.56 Å². The van der Waals surface area contributed by atoms with Gasteiger partial charge in [-0.15, -0.1) is 0 Å². The molecular formula is C20H22N2O3. The normalized spacial score (nSPS) is 15.3. The van der Waals surface area contributed by atoms with Gasteiger partial charge >= 0.3 is 5.97 Å². The molecule has 0 saturated carbocycles. The van der Waals surface area contributed by atoms with Crippen LogP contribution >= 0.6 is 0 Å². The van der Waals surface area contributed by atoms with Crippen molar-refractivity contribution in [2.45, 2.75) is 18.8 Å². The first-order valence-electron chi connectivity index (χ1n) is 8.39. The lowest BCUT2D eigenvalue weighted by Gasteiger charge is -2.26. The Morgan fingerprint density at radius 3 is 2.52 bits per heavy atom. The summed E-state index contributed by atoms with van der Waals surface area (Å²) in [5.41, 5.74) is 1.85. The third-order valence-electron chi connectivity index (χ3n) is 4.84. The van der Waals surface area contributed by atoms with Crippen LogP contribution in [0.1, 0.15) is 18.1 Å². The SMILES string of the molecule is CC(CNC(=O)CN1CCc2ccccc21)(C(=O)O)c1ccccc1. The molecule has 1 atom stereocenters. The second-order valence-electron chi connectivity index (χ2n) is 6.58. The zero-order valence-electron chi connectivity index (χ0n) is 14.2. The first kappa shape index (κ1) is 17.0. The van der Waals surface area contributed by atoms with Crippen LogP contribution in [0.3, 0.4) is 0 Å². The van der Waals surface area contributed by atoms with Gasteiger partial charge in [0.15, 0.2) is 0 Å². The van der Waals surface area contributed by atoms with Crippen LogP contribution in [0.15, 0.2) is 54.6 Å². The molecule has 1 aliphatic heterocycles. The Bertz CT molecular complexity index is 776. The Kier molecular flexibility index (Phi) is 4.74. The number of hydrogen-bond donors (Lipinski definition) is 2. The van der Waals surface area contributed by atoms with E-state index in [9.17, 15) is 14.7 Å². The number of amides is 1. The molecule has 2 aromatic carbocycles. The van der Waals surface area contributed by atoms with Crippen LogP contribution in [0, 0.1) is 0 Å². The Morgan fingerprint density at radius 2 is 1.80 bits per heavy atom. The van der Waals surface area contributed by atoms with Crippen LogP contribution in [0.4, 0.5) is 5.69 Å². The predicted octanol–water partition coefficient (Wildman–Crippen LogP) is 2.21. The number of nitrogens with one attached hydrogen (secondary N) is 1. The maximum Gasteiger partial charge on any atom is 0.315 e. The van der Waals surface area contributed by atoms with Crippen LogP contribution < -0.4 is 10.2 Å². The van der Waals surface area contributed by atoms with Gasteiger partial charge in [-0.25, -0.2) is 0 Å². The number of aliphatic carboxylic acids is 1. The average molecular weight is 338 g/mol. The van der Waals surface area contributed by atoms with Crippen LogP contribution in [-0.4, -0.2) is 36.6 Å². The Balaban J connectivity index is 1.64. The molecule has 1 unspecified atom stereocenters. The van der Waals surface area contributed by atoms with Gasteiger partial charge in [0.25, 0.3) is 0 Å². The summed E-state index contributed by atoms with van der Waals surface area (Å²) in [6.07, 6.45) is 0.931. The minimum absolute atomic E-state index is 0.0562. The van der Waals surface area contributed by atoms with E-state index in [2.05, 4.69) is 11.4 Å². The number of hydrogen-bond acceptors (Lipinski definition) is 3. The molecule has 1 aliphatic rings. The highest BCUT2D eigenvalue weighted by molar-refractivity contribution is 5.85. The summed E-state index contributed by atoms with van der Waals surface area (Å²) >= 11 is 0. The number of carboxylic acid groups (broad SMARTS) is 1. The zero-order valence-corrected chi connectivity index (χ0v) is 14.2. The van der Waals surface area contributed by atoms with Crippen LogP contribution in [0.2, 0.25) is 0 Å². The monoisotopic (exact) mass is 338 g/mol. The highest BCUT2D eigenvalue weighted by atomic mass is 16.4. The van der Waals surface area contributed by atoms with Crippen molar-refractivity contribution in [3.05, 3.63) is 65.7 Å². The molecule has 130 valence electrons. The maximum absolute atomic E-state index is 12.4. The van der Waals surface area contributed by atoms with Gasteiger partial charge in [-0.3, -0.25) is 9.59 Å². The number of carbonyl (C=O) groups excluding carboxylic acids is 1. The van der Waals surface area contributed by atoms with E-state index < -0.39 is 11.4 Å². The lowest BCUT2D eigenvalue weighted by atomic mass is 9.82. The van der Waals surface area contributed by atoms with E-state index in [4.69, 9.17) is 0 Å². The van der Waals surface area contributed by atoms with E-state index >= 15 is 0 Å². The minimum atomic E-state index is -1.15. The van der Waals surface area contributed by atoms with E-state index in [0.717, 1.165) is 18.7 Å². The second-order valence-corrected chi connectivity index (χ2v) is 6.58. The molecule has 0 aromatic heterocycles. The van der Waals surface area contributed by atoms with Gasteiger partial charge in [0.1, 0.15) is 5.41 Å². The number of nitrogens with zero attached hydrogens (tertiary/aromatic N) is 1. The highest BCUT2D eigenvalue weighted by Gasteiger charge is 2.35. The van der Waals surface area contributed by atoms with E-state index in [1.54, 1.807) is 31.2 Å². The van der Waals surface area contributed by atoms with Gasteiger partial charge in [-0.2, -0.15) is 0 Å². The van der Waals surface area contributed by atoms with Crippen LogP contribution in [0.5, 0.6) is 0 Å². The summed E-state index contributed by atoms with van der Waals surface area (Å²) < 4.78 is 0. The molecule has 0 fully saturated rings. The van der Waals surface area contributed by atoms with E-state index in [1.807, 2.05) is 29.2 Å². The van der Waals surface area contributed by atoms with Crippen molar-refractivity contribution < 1.29 is 14.7 Å². The van der Waals surface area contributed by atoms with Crippen molar-refractivity contribution in [2.24, 2.45) is 0 Å². The topological polar surface area (TPSA) is 69.6 Å². The number of carboxylic acids is 1. The Labute approximate surface area is 147 Å². The molecule has 1 heterocycles. The summed E-state index contributed by atoms with van der Waals surface area (Å²) in [4.78, 5) is 26.2. The molecule has 3 rings (SSSR count). The number of carbonyl (C=O) groups is 2. The van der Waals surface area contributed by atoms with Crippen molar-refractivity contribution in [2.75, 3.05) is 24.5 Å². The van der Waals surface area contributed by atoms with Gasteiger partial charge in [0.05, 0.1) is 6.54 Å². The summed E-state index contributed by atoms with van der Waals surface area (Å²) in [7, 11) is 0. The fraction of sp³-hybridized carbons (Fsp3) is 0.300. The third kappa shape index (κ3) is 3.50. The van der Waals surface area contributed by atoms with Gasteiger partial charge in [0, 0.05) is 18.8 Å². The summed E-state index contributed by atoms with van der Waals surface area (Å²) in [5, 5.41) is 12.5. The molecule has 0 saturated heterocycles. The van der Waals surface area contributed by atoms with Crippen molar-refractivity contribution in [3.63, 3.8) is 0 Å². The Morgan fingerprint density at radius 1 is 1.12 bits per heavy atom. The number of fused-ring (bicyclic) bond motifs is 1. The van der Waals surface area contributed by atoms with Gasteiger partial charge < -0.3 is 15.3 Å². The zero-order chi connectivity index (χ0) is 17.9. The standard InChI is InChI=1S/C20H22N2O3/c1-20(19(24)25,16-8-3-2-4-9-16)14-21-18(23)13-22-12-11-15-7-5-6-10-17(15)22/h2-10H,11-14H2,1H3,(H,21,23)(H,24,25). The molecule has 5 nitrogen and oxygen atoms in total. The molecule has 1 amide bonds. The molecular weight excluding hydrogens is 316 g/mol. The first-order valence-corrected chi connectivity index (χ1v) is 8.39. The molecule has 2 N–H and O–H groups in total. The van der Waals surface area contributed by atoms with Gasteiger partial charge in [-0.05, 0) is 30.5 Å². The fourth-order valence-electron chi connectivity index (χ4n) is 3.18. The smallest absolute Gasteiger partial charge is 0.315 e. The largest absolute Gasteiger partial charge is 0.481 e. The molecule has 25 heavy (non-hydrogen) atoms.